The first kappa shape index (κ1) is 14.5. The first-order valence-corrected chi connectivity index (χ1v) is 8.04. The molecule has 0 atom stereocenters. The van der Waals surface area contributed by atoms with E-state index in [1.807, 2.05) is 12.3 Å². The SMILES string of the molecule is CN=C(NCc1cccs1)NCc1cccc2cccnc12. The average molecular weight is 310 g/mol. The summed E-state index contributed by atoms with van der Waals surface area (Å²) in [5, 5.41) is 9.90. The van der Waals surface area contributed by atoms with Gasteiger partial charge in [0.2, 0.25) is 0 Å². The van der Waals surface area contributed by atoms with Crippen molar-refractivity contribution in [1.29, 1.82) is 0 Å². The van der Waals surface area contributed by atoms with Gasteiger partial charge in [-0.25, -0.2) is 0 Å². The molecule has 1 aromatic carbocycles. The van der Waals surface area contributed by atoms with E-state index in [1.165, 1.54) is 4.88 Å². The number of nitrogens with one attached hydrogen (secondary N) is 2. The molecule has 2 heterocycles. The number of thiophene rings is 1. The van der Waals surface area contributed by atoms with Crippen LogP contribution in [0.4, 0.5) is 0 Å². The average Bonchev–Trinajstić information content (AvgIpc) is 3.08. The van der Waals surface area contributed by atoms with Crippen LogP contribution in [0.15, 0.2) is 59.0 Å². The Morgan fingerprint density at radius 2 is 1.95 bits per heavy atom. The summed E-state index contributed by atoms with van der Waals surface area (Å²) >= 11 is 1.74. The Kier molecular flexibility index (Phi) is 4.65. The highest BCUT2D eigenvalue weighted by Gasteiger charge is 2.03. The lowest BCUT2D eigenvalue weighted by Crippen LogP contribution is -2.36. The van der Waals surface area contributed by atoms with Gasteiger partial charge in [0.25, 0.3) is 0 Å². The summed E-state index contributed by atoms with van der Waals surface area (Å²) in [7, 11) is 1.78. The standard InChI is InChI=1S/C17H18N4S/c1-18-17(21-12-15-8-4-10-22-15)20-11-14-6-2-5-13-7-3-9-19-16(13)14/h2-10H,11-12H2,1H3,(H2,18,20,21). The Labute approximate surface area is 133 Å². The topological polar surface area (TPSA) is 49.3 Å². The zero-order chi connectivity index (χ0) is 15.2. The summed E-state index contributed by atoms with van der Waals surface area (Å²) in [5.41, 5.74) is 2.20. The highest BCUT2D eigenvalue weighted by molar-refractivity contribution is 7.09. The monoisotopic (exact) mass is 310 g/mol. The predicted molar refractivity (Wildman–Crippen MR) is 93.1 cm³/mol. The number of hydrogen-bond acceptors (Lipinski definition) is 3. The van der Waals surface area contributed by atoms with Gasteiger partial charge in [-0.15, -0.1) is 11.3 Å². The molecule has 0 fully saturated rings. The first-order valence-electron chi connectivity index (χ1n) is 7.16. The molecular weight excluding hydrogens is 292 g/mol. The second kappa shape index (κ2) is 7.04. The van der Waals surface area contributed by atoms with E-state index < -0.39 is 0 Å². The molecule has 2 N–H and O–H groups in total. The fourth-order valence-corrected chi connectivity index (χ4v) is 2.94. The summed E-state index contributed by atoms with van der Waals surface area (Å²) in [6, 6.07) is 14.4. The van der Waals surface area contributed by atoms with Gasteiger partial charge in [0.05, 0.1) is 12.1 Å². The number of aromatic nitrogens is 1. The molecule has 5 heteroatoms. The number of para-hydroxylation sites is 1. The van der Waals surface area contributed by atoms with Gasteiger partial charge in [0.1, 0.15) is 0 Å². The van der Waals surface area contributed by atoms with Crippen LogP contribution >= 0.6 is 11.3 Å². The minimum absolute atomic E-state index is 0.693. The Hall–Kier alpha value is -2.40. The molecule has 112 valence electrons. The number of nitrogens with zero attached hydrogens (tertiary/aromatic N) is 2. The Bertz CT molecular complexity index is 760. The molecule has 0 spiro atoms. The van der Waals surface area contributed by atoms with Gasteiger partial charge >= 0.3 is 0 Å². The third-order valence-corrected chi connectivity index (χ3v) is 4.27. The third kappa shape index (κ3) is 3.43. The third-order valence-electron chi connectivity index (χ3n) is 3.40. The molecule has 2 aromatic heterocycles. The van der Waals surface area contributed by atoms with Crippen molar-refractivity contribution < 1.29 is 0 Å². The van der Waals surface area contributed by atoms with Crippen molar-refractivity contribution in [2.24, 2.45) is 4.99 Å². The zero-order valence-corrected chi connectivity index (χ0v) is 13.2. The van der Waals surface area contributed by atoms with Gasteiger partial charge < -0.3 is 10.6 Å². The summed E-state index contributed by atoms with van der Waals surface area (Å²) in [6.07, 6.45) is 1.83. The number of pyridine rings is 1. The number of fused-ring (bicyclic) bond motifs is 1. The van der Waals surface area contributed by atoms with Crippen molar-refractivity contribution in [2.75, 3.05) is 7.05 Å². The molecule has 3 rings (SSSR count). The lowest BCUT2D eigenvalue weighted by Gasteiger charge is -2.12. The van der Waals surface area contributed by atoms with E-state index in [4.69, 9.17) is 0 Å². The maximum absolute atomic E-state index is 4.47. The molecule has 0 amide bonds. The summed E-state index contributed by atoms with van der Waals surface area (Å²) in [4.78, 5) is 10.0. The second-order valence-corrected chi connectivity index (χ2v) is 5.88. The lowest BCUT2D eigenvalue weighted by atomic mass is 10.1. The minimum Gasteiger partial charge on any atom is -0.352 e. The highest BCUT2D eigenvalue weighted by Crippen LogP contribution is 2.15. The summed E-state index contributed by atoms with van der Waals surface area (Å²) in [5.74, 6) is 0.793. The van der Waals surface area contributed by atoms with E-state index in [9.17, 15) is 0 Å². The summed E-state index contributed by atoms with van der Waals surface area (Å²) < 4.78 is 0. The molecule has 0 unspecified atom stereocenters. The number of rotatable bonds is 4. The van der Waals surface area contributed by atoms with Gasteiger partial charge in [-0.3, -0.25) is 9.98 Å². The van der Waals surface area contributed by atoms with Crippen molar-refractivity contribution in [3.63, 3.8) is 0 Å². The molecule has 0 saturated heterocycles. The van der Waals surface area contributed by atoms with Gasteiger partial charge in [0, 0.05) is 30.1 Å². The van der Waals surface area contributed by atoms with Crippen LogP contribution in [0.2, 0.25) is 0 Å². The molecule has 0 radical (unpaired) electrons. The molecule has 0 aliphatic heterocycles. The van der Waals surface area contributed by atoms with E-state index >= 15 is 0 Å². The Morgan fingerprint density at radius 3 is 2.77 bits per heavy atom. The fraction of sp³-hybridized carbons (Fsp3) is 0.176. The van der Waals surface area contributed by atoms with Crippen molar-refractivity contribution in [3.8, 4) is 0 Å². The van der Waals surface area contributed by atoms with Crippen molar-refractivity contribution >= 4 is 28.2 Å². The van der Waals surface area contributed by atoms with Crippen LogP contribution in [-0.4, -0.2) is 18.0 Å². The number of benzene rings is 1. The molecule has 4 nitrogen and oxygen atoms in total. The van der Waals surface area contributed by atoms with Gasteiger partial charge in [-0.05, 0) is 23.1 Å². The van der Waals surface area contributed by atoms with E-state index in [0.29, 0.717) is 6.54 Å². The first-order chi connectivity index (χ1) is 10.9. The van der Waals surface area contributed by atoms with Gasteiger partial charge in [0.15, 0.2) is 5.96 Å². The molecule has 0 aliphatic carbocycles. The van der Waals surface area contributed by atoms with Crippen LogP contribution in [0.1, 0.15) is 10.4 Å². The predicted octanol–water partition coefficient (Wildman–Crippen LogP) is 3.16. The molecule has 3 aromatic rings. The van der Waals surface area contributed by atoms with Gasteiger partial charge in [-0.1, -0.05) is 30.3 Å². The van der Waals surface area contributed by atoms with Crippen LogP contribution in [0.25, 0.3) is 10.9 Å². The van der Waals surface area contributed by atoms with E-state index in [2.05, 4.69) is 62.4 Å². The number of hydrogen-bond donors (Lipinski definition) is 2. The van der Waals surface area contributed by atoms with E-state index in [1.54, 1.807) is 18.4 Å². The molecule has 22 heavy (non-hydrogen) atoms. The van der Waals surface area contributed by atoms with E-state index in [-0.39, 0.29) is 0 Å². The van der Waals surface area contributed by atoms with Crippen molar-refractivity contribution in [2.45, 2.75) is 13.1 Å². The lowest BCUT2D eigenvalue weighted by molar-refractivity contribution is 0.817. The molecule has 0 aliphatic rings. The van der Waals surface area contributed by atoms with Crippen LogP contribution in [0, 0.1) is 0 Å². The fourth-order valence-electron chi connectivity index (χ4n) is 2.29. The maximum Gasteiger partial charge on any atom is 0.191 e. The Morgan fingerprint density at radius 1 is 1.09 bits per heavy atom. The second-order valence-electron chi connectivity index (χ2n) is 4.85. The zero-order valence-electron chi connectivity index (χ0n) is 12.4. The van der Waals surface area contributed by atoms with Crippen LogP contribution in [0.5, 0.6) is 0 Å². The van der Waals surface area contributed by atoms with Crippen molar-refractivity contribution in [1.82, 2.24) is 15.6 Å². The smallest absolute Gasteiger partial charge is 0.191 e. The highest BCUT2D eigenvalue weighted by atomic mass is 32.1. The van der Waals surface area contributed by atoms with Gasteiger partial charge in [-0.2, -0.15) is 0 Å². The van der Waals surface area contributed by atoms with E-state index in [0.717, 1.165) is 29.0 Å². The van der Waals surface area contributed by atoms with Crippen LogP contribution in [-0.2, 0) is 13.1 Å². The largest absolute Gasteiger partial charge is 0.352 e. The normalized spacial score (nSPS) is 11.6. The minimum atomic E-state index is 0.693. The van der Waals surface area contributed by atoms with Crippen molar-refractivity contribution in [3.05, 3.63) is 64.5 Å². The number of aliphatic imine (C=N–C) groups is 1. The summed E-state index contributed by atoms with van der Waals surface area (Å²) in [6.45, 7) is 1.48. The quantitative estimate of drug-likeness (QED) is 0.575. The molecule has 0 saturated carbocycles. The molecular formula is C17H18N4S. The van der Waals surface area contributed by atoms with Crippen LogP contribution < -0.4 is 10.6 Å². The Balaban J connectivity index is 1.64. The number of guanidine groups is 1. The van der Waals surface area contributed by atoms with Crippen LogP contribution in [0.3, 0.4) is 0 Å². The maximum atomic E-state index is 4.47. The molecule has 0 bridgehead atoms.